The largest absolute Gasteiger partial charge is 0.325 e. The molecule has 2 aromatic carbocycles. The molecule has 1 saturated carbocycles. The molecule has 3 amide bonds. The van der Waals surface area contributed by atoms with Crippen LogP contribution in [0.3, 0.4) is 0 Å². The number of amides is 3. The number of hydrogen-bond donors (Lipinski definition) is 1. The van der Waals surface area contributed by atoms with Crippen molar-refractivity contribution in [2.45, 2.75) is 38.1 Å². The van der Waals surface area contributed by atoms with Crippen LogP contribution in [0.5, 0.6) is 0 Å². The van der Waals surface area contributed by atoms with E-state index in [1.165, 1.54) is 0 Å². The van der Waals surface area contributed by atoms with Crippen molar-refractivity contribution in [2.75, 3.05) is 6.54 Å². The van der Waals surface area contributed by atoms with Crippen LogP contribution in [0.1, 0.15) is 43.0 Å². The van der Waals surface area contributed by atoms with Crippen molar-refractivity contribution >= 4 is 28.5 Å². The van der Waals surface area contributed by atoms with Gasteiger partial charge in [0.15, 0.2) is 5.78 Å². The van der Waals surface area contributed by atoms with Gasteiger partial charge in [-0.05, 0) is 35.6 Å². The van der Waals surface area contributed by atoms with Crippen LogP contribution in [-0.2, 0) is 4.79 Å². The summed E-state index contributed by atoms with van der Waals surface area (Å²) in [6.07, 6.45) is 3.56. The minimum atomic E-state index is -0.820. The number of rotatable bonds is 3. The summed E-state index contributed by atoms with van der Waals surface area (Å²) in [7, 11) is 0. The average molecular weight is 350 g/mol. The van der Waals surface area contributed by atoms with Crippen molar-refractivity contribution in [2.24, 2.45) is 5.92 Å². The molecule has 2 aromatic rings. The zero-order valence-electron chi connectivity index (χ0n) is 14.8. The fraction of sp³-hybridized carbons (Fsp3) is 0.381. The Balaban J connectivity index is 1.57. The minimum absolute atomic E-state index is 0.0912. The summed E-state index contributed by atoms with van der Waals surface area (Å²) in [5.74, 6) is -0.378. The first kappa shape index (κ1) is 16.8. The molecule has 1 saturated heterocycles. The Bertz CT molecular complexity index is 907. The van der Waals surface area contributed by atoms with Gasteiger partial charge in [-0.1, -0.05) is 56.2 Å². The molecule has 4 rings (SSSR count). The Morgan fingerprint density at radius 1 is 1.15 bits per heavy atom. The highest BCUT2D eigenvalue weighted by Gasteiger charge is 2.55. The molecule has 2 fully saturated rings. The Hall–Kier alpha value is -2.69. The Labute approximate surface area is 152 Å². The maximum atomic E-state index is 13.0. The third-order valence-corrected chi connectivity index (χ3v) is 5.87. The summed E-state index contributed by atoms with van der Waals surface area (Å²) in [6.45, 7) is 1.80. The van der Waals surface area contributed by atoms with E-state index in [1.807, 2.05) is 43.3 Å². The number of nitrogens with one attached hydrogen (secondary N) is 1. The van der Waals surface area contributed by atoms with Gasteiger partial charge in [-0.25, -0.2) is 4.79 Å². The monoisotopic (exact) mass is 350 g/mol. The van der Waals surface area contributed by atoms with Gasteiger partial charge >= 0.3 is 6.03 Å². The van der Waals surface area contributed by atoms with E-state index in [2.05, 4.69) is 5.32 Å². The topological polar surface area (TPSA) is 66.5 Å². The number of imide groups is 1. The van der Waals surface area contributed by atoms with Crippen LogP contribution in [-0.4, -0.2) is 34.7 Å². The number of urea groups is 1. The van der Waals surface area contributed by atoms with Gasteiger partial charge in [0.05, 0.1) is 6.54 Å². The zero-order chi connectivity index (χ0) is 18.3. The first-order chi connectivity index (χ1) is 12.5. The number of nitrogens with zero attached hydrogens (tertiary/aromatic N) is 1. The van der Waals surface area contributed by atoms with E-state index in [9.17, 15) is 14.4 Å². The molecule has 2 atom stereocenters. The van der Waals surface area contributed by atoms with E-state index in [4.69, 9.17) is 0 Å². The predicted octanol–water partition coefficient (Wildman–Crippen LogP) is 3.52. The molecular weight excluding hydrogens is 328 g/mol. The zero-order valence-corrected chi connectivity index (χ0v) is 14.8. The van der Waals surface area contributed by atoms with Crippen molar-refractivity contribution in [3.8, 4) is 0 Å². The van der Waals surface area contributed by atoms with Crippen LogP contribution in [0.4, 0.5) is 4.79 Å². The predicted molar refractivity (Wildman–Crippen MR) is 98.9 cm³/mol. The number of carbonyl (C=O) groups excluding carboxylic acids is 3. The standard InChI is InChI=1S/C21H22N2O3/c1-14-6-4-5-11-21(14)19(25)23(20(26)22-21)13-18(24)17-10-9-15-7-2-3-8-16(15)12-17/h2-3,7-10,12,14H,4-6,11,13H2,1H3,(H,22,26)/t14-,21+/m1/s1. The van der Waals surface area contributed by atoms with Gasteiger partial charge in [0.1, 0.15) is 5.54 Å². The number of hydrogen-bond acceptors (Lipinski definition) is 3. The van der Waals surface area contributed by atoms with Gasteiger partial charge in [0.25, 0.3) is 5.91 Å². The second-order valence-electron chi connectivity index (χ2n) is 7.42. The van der Waals surface area contributed by atoms with Crippen molar-refractivity contribution < 1.29 is 14.4 Å². The molecule has 26 heavy (non-hydrogen) atoms. The fourth-order valence-corrected chi connectivity index (χ4v) is 4.24. The third kappa shape index (κ3) is 2.59. The molecule has 1 heterocycles. The molecule has 0 bridgehead atoms. The number of benzene rings is 2. The first-order valence-corrected chi connectivity index (χ1v) is 9.17. The highest BCUT2D eigenvalue weighted by molar-refractivity contribution is 6.11. The summed E-state index contributed by atoms with van der Waals surface area (Å²) in [5.41, 5.74) is -0.305. The second kappa shape index (κ2) is 6.24. The molecule has 1 N–H and O–H groups in total. The fourth-order valence-electron chi connectivity index (χ4n) is 4.24. The maximum Gasteiger partial charge on any atom is 0.325 e. The molecule has 2 aliphatic rings. The number of carbonyl (C=O) groups is 3. The molecule has 1 spiro atoms. The number of Topliss-reactive ketones (excluding diaryl/α,β-unsaturated/α-hetero) is 1. The summed E-state index contributed by atoms with van der Waals surface area (Å²) < 4.78 is 0. The van der Waals surface area contributed by atoms with Gasteiger partial charge in [0.2, 0.25) is 0 Å². The molecule has 0 aromatic heterocycles. The molecule has 1 aliphatic heterocycles. The molecule has 134 valence electrons. The highest BCUT2D eigenvalue weighted by Crippen LogP contribution is 2.38. The molecule has 5 heteroatoms. The van der Waals surface area contributed by atoms with E-state index in [-0.39, 0.29) is 24.2 Å². The van der Waals surface area contributed by atoms with E-state index < -0.39 is 11.6 Å². The first-order valence-electron chi connectivity index (χ1n) is 9.17. The molecule has 5 nitrogen and oxygen atoms in total. The van der Waals surface area contributed by atoms with E-state index >= 15 is 0 Å². The number of ketones is 1. The van der Waals surface area contributed by atoms with Gasteiger partial charge < -0.3 is 5.32 Å². The maximum absolute atomic E-state index is 13.0. The lowest BCUT2D eigenvalue weighted by Gasteiger charge is -2.36. The van der Waals surface area contributed by atoms with E-state index in [1.54, 1.807) is 6.07 Å². The second-order valence-corrected chi connectivity index (χ2v) is 7.42. The molecule has 0 radical (unpaired) electrons. The normalized spacial score (nSPS) is 25.7. The lowest BCUT2D eigenvalue weighted by atomic mass is 9.73. The average Bonchev–Trinajstić information content (AvgIpc) is 2.89. The van der Waals surface area contributed by atoms with Gasteiger partial charge in [-0.2, -0.15) is 0 Å². The highest BCUT2D eigenvalue weighted by atomic mass is 16.2. The quantitative estimate of drug-likeness (QED) is 0.680. The van der Waals surface area contributed by atoms with Crippen molar-refractivity contribution in [3.05, 3.63) is 48.0 Å². The van der Waals surface area contributed by atoms with Crippen LogP contribution in [0.15, 0.2) is 42.5 Å². The Morgan fingerprint density at radius 2 is 1.92 bits per heavy atom. The lowest BCUT2D eigenvalue weighted by Crippen LogP contribution is -2.54. The van der Waals surface area contributed by atoms with E-state index in [0.717, 1.165) is 34.9 Å². The van der Waals surface area contributed by atoms with Crippen LogP contribution < -0.4 is 5.32 Å². The van der Waals surface area contributed by atoms with Crippen LogP contribution >= 0.6 is 0 Å². The summed E-state index contributed by atoms with van der Waals surface area (Å²) in [5, 5.41) is 4.91. The third-order valence-electron chi connectivity index (χ3n) is 5.87. The van der Waals surface area contributed by atoms with Crippen LogP contribution in [0.2, 0.25) is 0 Å². The van der Waals surface area contributed by atoms with Crippen molar-refractivity contribution in [1.29, 1.82) is 0 Å². The summed E-state index contributed by atoms with van der Waals surface area (Å²) in [6, 6.07) is 12.8. The van der Waals surface area contributed by atoms with Crippen LogP contribution in [0.25, 0.3) is 10.8 Å². The van der Waals surface area contributed by atoms with Gasteiger partial charge in [-0.15, -0.1) is 0 Å². The van der Waals surface area contributed by atoms with Crippen molar-refractivity contribution in [3.63, 3.8) is 0 Å². The van der Waals surface area contributed by atoms with Gasteiger partial charge in [-0.3, -0.25) is 14.5 Å². The molecule has 1 aliphatic carbocycles. The van der Waals surface area contributed by atoms with Crippen LogP contribution in [0, 0.1) is 5.92 Å². The molecular formula is C21H22N2O3. The number of fused-ring (bicyclic) bond motifs is 1. The Kier molecular flexibility index (Phi) is 4.02. The molecule has 0 unspecified atom stereocenters. The SMILES string of the molecule is C[C@@H]1CCCC[C@]12NC(=O)N(CC(=O)c1ccc3ccccc3c1)C2=O. The minimum Gasteiger partial charge on any atom is -0.323 e. The van der Waals surface area contributed by atoms with Crippen molar-refractivity contribution in [1.82, 2.24) is 10.2 Å². The lowest BCUT2D eigenvalue weighted by molar-refractivity contribution is -0.133. The summed E-state index contributed by atoms with van der Waals surface area (Å²) >= 11 is 0. The smallest absolute Gasteiger partial charge is 0.323 e. The van der Waals surface area contributed by atoms with Gasteiger partial charge in [0, 0.05) is 5.56 Å². The van der Waals surface area contributed by atoms with E-state index in [0.29, 0.717) is 12.0 Å². The Morgan fingerprint density at radius 3 is 2.69 bits per heavy atom. The summed E-state index contributed by atoms with van der Waals surface area (Å²) in [4.78, 5) is 39.2.